The average Bonchev–Trinajstić information content (AvgIpc) is 2.77. The molecule has 1 nitrogen and oxygen atoms in total. The Morgan fingerprint density at radius 1 is 1.33 bits per heavy atom. The van der Waals surface area contributed by atoms with Gasteiger partial charge in [0.15, 0.2) is 0 Å². The van der Waals surface area contributed by atoms with Crippen LogP contribution < -0.4 is 5.32 Å². The van der Waals surface area contributed by atoms with E-state index in [9.17, 15) is 0 Å². The molecule has 0 saturated heterocycles. The van der Waals surface area contributed by atoms with Gasteiger partial charge < -0.3 is 5.32 Å². The minimum atomic E-state index is 0.692. The number of aryl methyl sites for hydroxylation is 1. The van der Waals surface area contributed by atoms with Crippen LogP contribution in [0, 0.1) is 0 Å². The molecule has 15 heavy (non-hydrogen) atoms. The first-order chi connectivity index (χ1) is 7.35. The van der Waals surface area contributed by atoms with Crippen LogP contribution in [0.4, 0.5) is 0 Å². The summed E-state index contributed by atoms with van der Waals surface area (Å²) in [5, 5.41) is 3.45. The second-order valence-electron chi connectivity index (χ2n) is 4.53. The summed E-state index contributed by atoms with van der Waals surface area (Å²) in [5.41, 5.74) is 3.00. The van der Waals surface area contributed by atoms with Crippen molar-refractivity contribution in [2.75, 3.05) is 7.05 Å². The van der Waals surface area contributed by atoms with E-state index < -0.39 is 0 Å². The molecule has 0 aliphatic heterocycles. The van der Waals surface area contributed by atoms with Crippen molar-refractivity contribution in [3.05, 3.63) is 35.4 Å². The number of benzene rings is 1. The second kappa shape index (κ2) is 4.80. The van der Waals surface area contributed by atoms with Gasteiger partial charge in [-0.1, -0.05) is 37.6 Å². The molecule has 2 unspecified atom stereocenters. The Morgan fingerprint density at radius 2 is 2.20 bits per heavy atom. The molecule has 0 amide bonds. The smallest absolute Gasteiger partial charge is 0.0133 e. The van der Waals surface area contributed by atoms with Crippen LogP contribution in [0.2, 0.25) is 0 Å². The fraction of sp³-hybridized carbons (Fsp3) is 0.571. The Bertz CT molecular complexity index is 319. The standard InChI is InChI=1S/C14H21N/c1-3-11-6-4-7-12(10-11)13-8-5-9-14(13)15-2/h4,6-7,10,13-15H,3,5,8-9H2,1-2H3. The Kier molecular flexibility index (Phi) is 3.42. The fourth-order valence-corrected chi connectivity index (χ4v) is 2.75. The molecule has 0 radical (unpaired) electrons. The molecule has 0 heterocycles. The Balaban J connectivity index is 2.20. The van der Waals surface area contributed by atoms with Crippen molar-refractivity contribution in [1.82, 2.24) is 5.32 Å². The highest BCUT2D eigenvalue weighted by molar-refractivity contribution is 5.28. The predicted molar refractivity (Wildman–Crippen MR) is 65.3 cm³/mol. The third-order valence-corrected chi connectivity index (χ3v) is 3.67. The summed E-state index contributed by atoms with van der Waals surface area (Å²) < 4.78 is 0. The lowest BCUT2D eigenvalue weighted by atomic mass is 9.92. The van der Waals surface area contributed by atoms with Crippen molar-refractivity contribution in [3.63, 3.8) is 0 Å². The van der Waals surface area contributed by atoms with Crippen LogP contribution >= 0.6 is 0 Å². The van der Waals surface area contributed by atoms with Gasteiger partial charge in [-0.2, -0.15) is 0 Å². The molecule has 0 bridgehead atoms. The van der Waals surface area contributed by atoms with Gasteiger partial charge in [-0.05, 0) is 43.4 Å². The van der Waals surface area contributed by atoms with Crippen LogP contribution in [-0.4, -0.2) is 13.1 Å². The van der Waals surface area contributed by atoms with Gasteiger partial charge in [0.1, 0.15) is 0 Å². The molecule has 1 fully saturated rings. The van der Waals surface area contributed by atoms with Crippen molar-refractivity contribution in [3.8, 4) is 0 Å². The van der Waals surface area contributed by atoms with Crippen LogP contribution in [0.1, 0.15) is 43.2 Å². The quantitative estimate of drug-likeness (QED) is 0.796. The highest BCUT2D eigenvalue weighted by atomic mass is 14.9. The highest BCUT2D eigenvalue weighted by Gasteiger charge is 2.26. The van der Waals surface area contributed by atoms with E-state index in [0.29, 0.717) is 6.04 Å². The summed E-state index contributed by atoms with van der Waals surface area (Å²) in [6.45, 7) is 2.23. The molecule has 1 saturated carbocycles. The van der Waals surface area contributed by atoms with Crippen LogP contribution in [0.3, 0.4) is 0 Å². The molecular formula is C14H21N. The first-order valence-corrected chi connectivity index (χ1v) is 6.11. The van der Waals surface area contributed by atoms with E-state index in [2.05, 4.69) is 43.6 Å². The molecule has 2 rings (SSSR count). The molecule has 1 aliphatic rings. The van der Waals surface area contributed by atoms with E-state index in [-0.39, 0.29) is 0 Å². The molecule has 0 spiro atoms. The van der Waals surface area contributed by atoms with E-state index in [1.807, 2.05) is 0 Å². The monoisotopic (exact) mass is 203 g/mol. The van der Waals surface area contributed by atoms with Gasteiger partial charge in [0, 0.05) is 6.04 Å². The largest absolute Gasteiger partial charge is 0.316 e. The van der Waals surface area contributed by atoms with Crippen molar-refractivity contribution in [2.45, 2.75) is 44.6 Å². The SMILES string of the molecule is CCc1cccc(C2CCCC2NC)c1. The average molecular weight is 203 g/mol. The molecule has 1 aliphatic carbocycles. The summed E-state index contributed by atoms with van der Waals surface area (Å²) in [6.07, 6.45) is 5.19. The molecule has 0 aromatic heterocycles. The van der Waals surface area contributed by atoms with Crippen molar-refractivity contribution < 1.29 is 0 Å². The molecule has 1 N–H and O–H groups in total. The van der Waals surface area contributed by atoms with Gasteiger partial charge in [-0.25, -0.2) is 0 Å². The zero-order valence-electron chi connectivity index (χ0n) is 9.79. The summed E-state index contributed by atoms with van der Waals surface area (Å²) in [7, 11) is 2.09. The number of nitrogens with one attached hydrogen (secondary N) is 1. The van der Waals surface area contributed by atoms with Gasteiger partial charge in [0.2, 0.25) is 0 Å². The van der Waals surface area contributed by atoms with Crippen LogP contribution in [0.25, 0.3) is 0 Å². The zero-order chi connectivity index (χ0) is 10.7. The van der Waals surface area contributed by atoms with E-state index >= 15 is 0 Å². The van der Waals surface area contributed by atoms with Crippen LogP contribution in [0.5, 0.6) is 0 Å². The molecular weight excluding hydrogens is 182 g/mol. The predicted octanol–water partition coefficient (Wildman–Crippen LogP) is 3.10. The summed E-state index contributed by atoms with van der Waals surface area (Å²) >= 11 is 0. The highest BCUT2D eigenvalue weighted by Crippen LogP contribution is 2.34. The Hall–Kier alpha value is -0.820. The summed E-state index contributed by atoms with van der Waals surface area (Å²) in [4.78, 5) is 0. The normalized spacial score (nSPS) is 25.7. The Labute approximate surface area is 92.9 Å². The number of hydrogen-bond acceptors (Lipinski definition) is 1. The lowest BCUT2D eigenvalue weighted by Crippen LogP contribution is -2.27. The minimum absolute atomic E-state index is 0.692. The third kappa shape index (κ3) is 2.23. The zero-order valence-corrected chi connectivity index (χ0v) is 9.79. The molecule has 2 atom stereocenters. The van der Waals surface area contributed by atoms with E-state index in [1.54, 1.807) is 0 Å². The molecule has 82 valence electrons. The van der Waals surface area contributed by atoms with Gasteiger partial charge in [-0.15, -0.1) is 0 Å². The maximum absolute atomic E-state index is 3.45. The maximum atomic E-state index is 3.45. The van der Waals surface area contributed by atoms with Gasteiger partial charge in [0.05, 0.1) is 0 Å². The first kappa shape index (κ1) is 10.7. The Morgan fingerprint density at radius 3 is 2.93 bits per heavy atom. The van der Waals surface area contributed by atoms with E-state index in [4.69, 9.17) is 0 Å². The third-order valence-electron chi connectivity index (χ3n) is 3.67. The van der Waals surface area contributed by atoms with Gasteiger partial charge >= 0.3 is 0 Å². The lowest BCUT2D eigenvalue weighted by molar-refractivity contribution is 0.522. The maximum Gasteiger partial charge on any atom is 0.0133 e. The first-order valence-electron chi connectivity index (χ1n) is 6.11. The second-order valence-corrected chi connectivity index (χ2v) is 4.53. The molecule has 1 aromatic rings. The lowest BCUT2D eigenvalue weighted by Gasteiger charge is -2.19. The van der Waals surface area contributed by atoms with E-state index in [0.717, 1.165) is 12.3 Å². The van der Waals surface area contributed by atoms with Crippen molar-refractivity contribution in [1.29, 1.82) is 0 Å². The number of hydrogen-bond donors (Lipinski definition) is 1. The van der Waals surface area contributed by atoms with Gasteiger partial charge in [-0.3, -0.25) is 0 Å². The van der Waals surface area contributed by atoms with Gasteiger partial charge in [0.25, 0.3) is 0 Å². The summed E-state index contributed by atoms with van der Waals surface area (Å²) in [5.74, 6) is 0.737. The summed E-state index contributed by atoms with van der Waals surface area (Å²) in [6, 6.07) is 9.81. The van der Waals surface area contributed by atoms with Crippen molar-refractivity contribution in [2.24, 2.45) is 0 Å². The molecule has 1 aromatic carbocycles. The van der Waals surface area contributed by atoms with Crippen molar-refractivity contribution >= 4 is 0 Å². The number of rotatable bonds is 3. The van der Waals surface area contributed by atoms with Crippen LogP contribution in [0.15, 0.2) is 24.3 Å². The van der Waals surface area contributed by atoms with E-state index in [1.165, 1.54) is 30.4 Å². The van der Waals surface area contributed by atoms with Crippen LogP contribution in [-0.2, 0) is 6.42 Å². The topological polar surface area (TPSA) is 12.0 Å². The molecule has 1 heteroatoms. The number of likely N-dealkylation sites (N-methyl/N-ethyl adjacent to an activating group) is 1. The fourth-order valence-electron chi connectivity index (χ4n) is 2.75. The minimum Gasteiger partial charge on any atom is -0.316 e.